The third-order valence-electron chi connectivity index (χ3n) is 4.52. The topological polar surface area (TPSA) is 75.6 Å². The van der Waals surface area contributed by atoms with E-state index >= 15 is 0 Å². The molecular weight excluding hydrogens is 294 g/mol. The Morgan fingerprint density at radius 1 is 1.26 bits per heavy atom. The lowest BCUT2D eigenvalue weighted by Crippen LogP contribution is -2.33. The van der Waals surface area contributed by atoms with Crippen LogP contribution in [-0.4, -0.2) is 30.6 Å². The maximum Gasteiger partial charge on any atom is 0.306 e. The summed E-state index contributed by atoms with van der Waals surface area (Å²) in [5, 5.41) is 12.0. The Kier molecular flexibility index (Phi) is 6.02. The summed E-state index contributed by atoms with van der Waals surface area (Å²) in [6, 6.07) is 7.94. The molecule has 1 unspecified atom stereocenters. The molecule has 1 aromatic rings. The van der Waals surface area contributed by atoms with Gasteiger partial charge in [0.05, 0.1) is 13.0 Å². The number of methoxy groups -OCH3 is 1. The predicted molar refractivity (Wildman–Crippen MR) is 87.3 cm³/mol. The van der Waals surface area contributed by atoms with Crippen molar-refractivity contribution >= 4 is 11.9 Å². The van der Waals surface area contributed by atoms with Crippen LogP contribution in [0.15, 0.2) is 24.3 Å². The van der Waals surface area contributed by atoms with E-state index in [2.05, 4.69) is 12.2 Å². The minimum atomic E-state index is -0.784. The zero-order valence-corrected chi connectivity index (χ0v) is 13.7. The quantitative estimate of drug-likeness (QED) is 0.809. The van der Waals surface area contributed by atoms with Gasteiger partial charge in [0.2, 0.25) is 5.91 Å². The van der Waals surface area contributed by atoms with E-state index in [4.69, 9.17) is 9.84 Å². The van der Waals surface area contributed by atoms with E-state index < -0.39 is 5.97 Å². The average Bonchev–Trinajstić information content (AvgIpc) is 3.03. The van der Waals surface area contributed by atoms with Gasteiger partial charge in [0.25, 0.3) is 0 Å². The molecule has 1 amide bonds. The van der Waals surface area contributed by atoms with Crippen LogP contribution in [0, 0.1) is 17.8 Å². The van der Waals surface area contributed by atoms with Crippen molar-refractivity contribution in [1.82, 2.24) is 5.32 Å². The van der Waals surface area contributed by atoms with Gasteiger partial charge in [-0.15, -0.1) is 0 Å². The molecule has 5 heteroatoms. The van der Waals surface area contributed by atoms with Gasteiger partial charge in [-0.2, -0.15) is 0 Å². The standard InChI is InChI=1S/C18H25NO4/c1-12(9-13-3-7-16(23-2)8-4-13)11-19-17(20)14-5-6-15(10-14)18(21)22/h3-4,7-8,12,14-15H,5-6,9-11H2,1-2H3,(H,19,20)(H,21,22)/t12?,14-,15+/m1/s1. The largest absolute Gasteiger partial charge is 0.497 e. The Morgan fingerprint density at radius 3 is 2.48 bits per heavy atom. The summed E-state index contributed by atoms with van der Waals surface area (Å²) in [5.74, 6) is -0.136. The van der Waals surface area contributed by atoms with Crippen LogP contribution in [0.1, 0.15) is 31.7 Å². The number of carbonyl (C=O) groups excluding carboxylic acids is 1. The number of benzene rings is 1. The molecule has 0 radical (unpaired) electrons. The Balaban J connectivity index is 1.74. The van der Waals surface area contributed by atoms with Gasteiger partial charge in [-0.3, -0.25) is 9.59 Å². The van der Waals surface area contributed by atoms with Crippen molar-refractivity contribution < 1.29 is 19.4 Å². The molecule has 1 aliphatic rings. The van der Waals surface area contributed by atoms with Crippen molar-refractivity contribution in [2.45, 2.75) is 32.6 Å². The highest BCUT2D eigenvalue weighted by molar-refractivity contribution is 5.80. The highest BCUT2D eigenvalue weighted by Gasteiger charge is 2.33. The molecule has 3 atom stereocenters. The van der Waals surface area contributed by atoms with Crippen LogP contribution in [-0.2, 0) is 16.0 Å². The molecule has 2 rings (SSSR count). The van der Waals surface area contributed by atoms with Crippen LogP contribution >= 0.6 is 0 Å². The maximum atomic E-state index is 12.1. The number of hydrogen-bond donors (Lipinski definition) is 2. The average molecular weight is 319 g/mol. The molecule has 2 N–H and O–H groups in total. The molecule has 1 aromatic carbocycles. The predicted octanol–water partition coefficient (Wildman–Crippen LogP) is 2.49. The summed E-state index contributed by atoms with van der Waals surface area (Å²) >= 11 is 0. The summed E-state index contributed by atoms with van der Waals surface area (Å²) in [6.45, 7) is 2.71. The molecule has 1 aliphatic carbocycles. The van der Waals surface area contributed by atoms with Crippen LogP contribution in [0.5, 0.6) is 5.75 Å². The van der Waals surface area contributed by atoms with Crippen LogP contribution < -0.4 is 10.1 Å². The van der Waals surface area contributed by atoms with Gasteiger partial charge in [0, 0.05) is 12.5 Å². The second-order valence-electron chi connectivity index (χ2n) is 6.45. The number of carboxylic acid groups (broad SMARTS) is 1. The van der Waals surface area contributed by atoms with E-state index in [1.165, 1.54) is 5.56 Å². The number of carboxylic acids is 1. The first kappa shape index (κ1) is 17.3. The van der Waals surface area contributed by atoms with Crippen molar-refractivity contribution in [1.29, 1.82) is 0 Å². The Labute approximate surface area is 137 Å². The first-order valence-electron chi connectivity index (χ1n) is 8.13. The molecule has 0 aliphatic heterocycles. The molecule has 23 heavy (non-hydrogen) atoms. The molecule has 0 saturated heterocycles. The summed E-state index contributed by atoms with van der Waals surface area (Å²) in [6.07, 6.45) is 2.63. The summed E-state index contributed by atoms with van der Waals surface area (Å²) < 4.78 is 5.14. The zero-order chi connectivity index (χ0) is 16.8. The van der Waals surface area contributed by atoms with Gasteiger partial charge in [-0.25, -0.2) is 0 Å². The van der Waals surface area contributed by atoms with Crippen molar-refractivity contribution in [2.24, 2.45) is 17.8 Å². The fraction of sp³-hybridized carbons (Fsp3) is 0.556. The fourth-order valence-electron chi connectivity index (χ4n) is 3.10. The lowest BCUT2D eigenvalue weighted by molar-refractivity contribution is -0.141. The third-order valence-corrected chi connectivity index (χ3v) is 4.52. The first-order chi connectivity index (χ1) is 11.0. The Bertz CT molecular complexity index is 540. The third kappa shape index (κ3) is 4.98. The summed E-state index contributed by atoms with van der Waals surface area (Å²) in [5.41, 5.74) is 1.21. The Morgan fingerprint density at radius 2 is 1.91 bits per heavy atom. The highest BCUT2D eigenvalue weighted by Crippen LogP contribution is 2.31. The lowest BCUT2D eigenvalue weighted by Gasteiger charge is -2.15. The van der Waals surface area contributed by atoms with Gasteiger partial charge >= 0.3 is 5.97 Å². The highest BCUT2D eigenvalue weighted by atomic mass is 16.5. The van der Waals surface area contributed by atoms with E-state index in [-0.39, 0.29) is 17.7 Å². The normalized spacial score (nSPS) is 21.7. The second kappa shape index (κ2) is 7.99. The van der Waals surface area contributed by atoms with Crippen molar-refractivity contribution in [3.8, 4) is 5.75 Å². The molecular formula is C18H25NO4. The van der Waals surface area contributed by atoms with E-state index in [0.29, 0.717) is 31.7 Å². The molecule has 5 nitrogen and oxygen atoms in total. The van der Waals surface area contributed by atoms with Crippen molar-refractivity contribution in [3.63, 3.8) is 0 Å². The number of nitrogens with one attached hydrogen (secondary N) is 1. The van der Waals surface area contributed by atoms with Crippen LogP contribution in [0.25, 0.3) is 0 Å². The number of carbonyl (C=O) groups is 2. The molecule has 0 aromatic heterocycles. The number of rotatable bonds is 7. The first-order valence-corrected chi connectivity index (χ1v) is 8.13. The second-order valence-corrected chi connectivity index (χ2v) is 6.45. The number of hydrogen-bond acceptors (Lipinski definition) is 3. The molecule has 0 bridgehead atoms. The molecule has 126 valence electrons. The van der Waals surface area contributed by atoms with Gasteiger partial charge in [-0.05, 0) is 49.3 Å². The van der Waals surface area contributed by atoms with Gasteiger partial charge in [0.15, 0.2) is 0 Å². The molecule has 1 saturated carbocycles. The minimum Gasteiger partial charge on any atom is -0.497 e. The fourth-order valence-corrected chi connectivity index (χ4v) is 3.10. The van der Waals surface area contributed by atoms with Gasteiger partial charge < -0.3 is 15.2 Å². The van der Waals surface area contributed by atoms with Crippen LogP contribution in [0.3, 0.4) is 0 Å². The van der Waals surface area contributed by atoms with Crippen molar-refractivity contribution in [2.75, 3.05) is 13.7 Å². The SMILES string of the molecule is COc1ccc(CC(C)CNC(=O)[C@@H]2CC[C@H](C(=O)O)C2)cc1. The van der Waals surface area contributed by atoms with Crippen LogP contribution in [0.2, 0.25) is 0 Å². The maximum absolute atomic E-state index is 12.1. The Hall–Kier alpha value is -2.04. The van der Waals surface area contributed by atoms with E-state index in [1.54, 1.807) is 7.11 Å². The number of amides is 1. The lowest BCUT2D eigenvalue weighted by atomic mass is 10.00. The number of ether oxygens (including phenoxy) is 1. The molecule has 0 spiro atoms. The minimum absolute atomic E-state index is 0.00432. The zero-order valence-electron chi connectivity index (χ0n) is 13.7. The van der Waals surface area contributed by atoms with E-state index in [9.17, 15) is 9.59 Å². The van der Waals surface area contributed by atoms with E-state index in [1.807, 2.05) is 24.3 Å². The molecule has 1 fully saturated rings. The van der Waals surface area contributed by atoms with E-state index in [0.717, 1.165) is 12.2 Å². The van der Waals surface area contributed by atoms with Gasteiger partial charge in [-0.1, -0.05) is 19.1 Å². The van der Waals surface area contributed by atoms with Crippen LogP contribution in [0.4, 0.5) is 0 Å². The van der Waals surface area contributed by atoms with Crippen molar-refractivity contribution in [3.05, 3.63) is 29.8 Å². The smallest absolute Gasteiger partial charge is 0.306 e. The monoisotopic (exact) mass is 319 g/mol. The van der Waals surface area contributed by atoms with Gasteiger partial charge in [0.1, 0.15) is 5.75 Å². The summed E-state index contributed by atoms with van der Waals surface area (Å²) in [7, 11) is 1.64. The molecule has 0 heterocycles. The number of aliphatic carboxylic acids is 1. The summed E-state index contributed by atoms with van der Waals surface area (Å²) in [4.78, 5) is 23.1.